The normalized spacial score (nSPS) is 10.5. The number of thiophene rings is 1. The molecule has 0 fully saturated rings. The molecule has 0 spiro atoms. The SMILES string of the molecule is CCN(Cc1cc(Br)cs1)c1ccc(F)cc1. The first-order chi connectivity index (χ1) is 8.19. The summed E-state index contributed by atoms with van der Waals surface area (Å²) in [6.45, 7) is 3.87. The zero-order valence-electron chi connectivity index (χ0n) is 9.49. The molecule has 0 saturated carbocycles. The molecule has 0 bridgehead atoms. The minimum absolute atomic E-state index is 0.191. The van der Waals surface area contributed by atoms with Crippen molar-refractivity contribution in [2.75, 3.05) is 11.4 Å². The van der Waals surface area contributed by atoms with E-state index in [0.29, 0.717) is 0 Å². The van der Waals surface area contributed by atoms with Crippen LogP contribution in [-0.4, -0.2) is 6.54 Å². The largest absolute Gasteiger partial charge is 0.367 e. The second kappa shape index (κ2) is 5.65. The molecule has 90 valence electrons. The molecule has 1 heterocycles. The van der Waals surface area contributed by atoms with Gasteiger partial charge in [-0.3, -0.25) is 0 Å². The first-order valence-electron chi connectivity index (χ1n) is 5.42. The van der Waals surface area contributed by atoms with E-state index in [1.807, 2.05) is 12.1 Å². The third kappa shape index (κ3) is 3.30. The number of halogens is 2. The molecule has 1 nitrogen and oxygen atoms in total. The van der Waals surface area contributed by atoms with Crippen LogP contribution in [0.4, 0.5) is 10.1 Å². The summed E-state index contributed by atoms with van der Waals surface area (Å²) in [6, 6.07) is 8.77. The average Bonchev–Trinajstić information content (AvgIpc) is 2.73. The molecule has 0 unspecified atom stereocenters. The van der Waals surface area contributed by atoms with Crippen LogP contribution in [-0.2, 0) is 6.54 Å². The van der Waals surface area contributed by atoms with Gasteiger partial charge in [0.1, 0.15) is 5.82 Å². The van der Waals surface area contributed by atoms with Crippen molar-refractivity contribution < 1.29 is 4.39 Å². The van der Waals surface area contributed by atoms with Crippen molar-refractivity contribution in [1.82, 2.24) is 0 Å². The highest BCUT2D eigenvalue weighted by Crippen LogP contribution is 2.24. The molecule has 1 aromatic carbocycles. The van der Waals surface area contributed by atoms with E-state index in [2.05, 4.69) is 39.2 Å². The molecular formula is C13H13BrFNS. The number of anilines is 1. The van der Waals surface area contributed by atoms with Crippen molar-refractivity contribution in [3.63, 3.8) is 0 Å². The summed E-state index contributed by atoms with van der Waals surface area (Å²) >= 11 is 5.18. The van der Waals surface area contributed by atoms with Crippen molar-refractivity contribution in [1.29, 1.82) is 0 Å². The summed E-state index contributed by atoms with van der Waals surface area (Å²) in [5.41, 5.74) is 1.05. The summed E-state index contributed by atoms with van der Waals surface area (Å²) in [5, 5.41) is 2.08. The summed E-state index contributed by atoms with van der Waals surface area (Å²) in [6.07, 6.45) is 0. The monoisotopic (exact) mass is 313 g/mol. The van der Waals surface area contributed by atoms with Crippen molar-refractivity contribution in [3.05, 3.63) is 50.9 Å². The van der Waals surface area contributed by atoms with Crippen LogP contribution in [0.3, 0.4) is 0 Å². The minimum Gasteiger partial charge on any atom is -0.367 e. The maximum atomic E-state index is 12.9. The molecule has 0 atom stereocenters. The molecule has 0 N–H and O–H groups in total. The Morgan fingerprint density at radius 1 is 1.29 bits per heavy atom. The molecule has 17 heavy (non-hydrogen) atoms. The first kappa shape index (κ1) is 12.6. The second-order valence-corrected chi connectivity index (χ2v) is 5.63. The summed E-state index contributed by atoms with van der Waals surface area (Å²) in [5.74, 6) is -0.191. The lowest BCUT2D eigenvalue weighted by molar-refractivity contribution is 0.627. The van der Waals surface area contributed by atoms with Crippen LogP contribution in [0, 0.1) is 5.82 Å². The van der Waals surface area contributed by atoms with Gasteiger partial charge in [-0.05, 0) is 53.2 Å². The van der Waals surface area contributed by atoms with E-state index in [4.69, 9.17) is 0 Å². The number of nitrogens with zero attached hydrogens (tertiary/aromatic N) is 1. The van der Waals surface area contributed by atoms with Crippen molar-refractivity contribution in [3.8, 4) is 0 Å². The Labute approximate surface area is 113 Å². The van der Waals surface area contributed by atoms with Crippen molar-refractivity contribution >= 4 is 33.0 Å². The van der Waals surface area contributed by atoms with Gasteiger partial charge < -0.3 is 4.90 Å². The topological polar surface area (TPSA) is 3.24 Å². The summed E-state index contributed by atoms with van der Waals surface area (Å²) < 4.78 is 14.0. The maximum Gasteiger partial charge on any atom is 0.123 e. The highest BCUT2D eigenvalue weighted by Gasteiger charge is 2.07. The average molecular weight is 314 g/mol. The smallest absolute Gasteiger partial charge is 0.123 e. The van der Waals surface area contributed by atoms with Gasteiger partial charge in [0.2, 0.25) is 0 Å². The maximum absolute atomic E-state index is 12.9. The van der Waals surface area contributed by atoms with Crippen LogP contribution in [0.15, 0.2) is 40.2 Å². The summed E-state index contributed by atoms with van der Waals surface area (Å²) in [4.78, 5) is 3.51. The van der Waals surface area contributed by atoms with Gasteiger partial charge in [0.25, 0.3) is 0 Å². The van der Waals surface area contributed by atoms with Crippen LogP contribution >= 0.6 is 27.3 Å². The van der Waals surface area contributed by atoms with Gasteiger partial charge in [0.05, 0.1) is 6.54 Å². The van der Waals surface area contributed by atoms with Crippen LogP contribution in [0.5, 0.6) is 0 Å². The van der Waals surface area contributed by atoms with Crippen LogP contribution in [0.25, 0.3) is 0 Å². The van der Waals surface area contributed by atoms with Crippen LogP contribution in [0.2, 0.25) is 0 Å². The van der Waals surface area contributed by atoms with Gasteiger partial charge in [-0.15, -0.1) is 11.3 Å². The molecule has 2 aromatic rings. The van der Waals surface area contributed by atoms with E-state index in [-0.39, 0.29) is 5.82 Å². The van der Waals surface area contributed by atoms with Gasteiger partial charge in [-0.25, -0.2) is 4.39 Å². The van der Waals surface area contributed by atoms with E-state index in [1.54, 1.807) is 11.3 Å². The lowest BCUT2D eigenvalue weighted by atomic mass is 10.2. The molecule has 0 amide bonds. The fourth-order valence-corrected chi connectivity index (χ4v) is 3.13. The standard InChI is InChI=1S/C13H13BrFNS/c1-2-16(8-13-7-10(14)9-17-13)12-5-3-11(15)4-6-12/h3-7,9H,2,8H2,1H3. The molecule has 0 radical (unpaired) electrons. The van der Waals surface area contributed by atoms with Gasteiger partial charge in [-0.2, -0.15) is 0 Å². The Bertz CT molecular complexity index is 480. The van der Waals surface area contributed by atoms with Crippen molar-refractivity contribution in [2.45, 2.75) is 13.5 Å². The van der Waals surface area contributed by atoms with E-state index in [9.17, 15) is 4.39 Å². The zero-order chi connectivity index (χ0) is 12.3. The summed E-state index contributed by atoms with van der Waals surface area (Å²) in [7, 11) is 0. The fraction of sp³-hybridized carbons (Fsp3) is 0.231. The Kier molecular flexibility index (Phi) is 4.18. The molecule has 4 heteroatoms. The molecule has 0 aliphatic rings. The highest BCUT2D eigenvalue weighted by molar-refractivity contribution is 9.10. The fourth-order valence-electron chi connectivity index (χ4n) is 1.66. The quantitative estimate of drug-likeness (QED) is 0.792. The number of rotatable bonds is 4. The van der Waals surface area contributed by atoms with E-state index in [0.717, 1.165) is 23.2 Å². The lowest BCUT2D eigenvalue weighted by Crippen LogP contribution is -2.21. The lowest BCUT2D eigenvalue weighted by Gasteiger charge is -2.22. The molecule has 0 aliphatic heterocycles. The first-order valence-corrected chi connectivity index (χ1v) is 7.09. The van der Waals surface area contributed by atoms with Crippen molar-refractivity contribution in [2.24, 2.45) is 0 Å². The Morgan fingerprint density at radius 3 is 2.53 bits per heavy atom. The zero-order valence-corrected chi connectivity index (χ0v) is 11.9. The van der Waals surface area contributed by atoms with Crippen LogP contribution in [0.1, 0.15) is 11.8 Å². The van der Waals surface area contributed by atoms with Gasteiger partial charge in [0, 0.05) is 27.0 Å². The van der Waals surface area contributed by atoms with Gasteiger partial charge >= 0.3 is 0 Å². The number of hydrogen-bond acceptors (Lipinski definition) is 2. The molecule has 1 aromatic heterocycles. The highest BCUT2D eigenvalue weighted by atomic mass is 79.9. The van der Waals surface area contributed by atoms with Gasteiger partial charge in [0.15, 0.2) is 0 Å². The molecular weight excluding hydrogens is 301 g/mol. The molecule has 0 saturated heterocycles. The van der Waals surface area contributed by atoms with Gasteiger partial charge in [-0.1, -0.05) is 0 Å². The predicted molar refractivity (Wildman–Crippen MR) is 75.1 cm³/mol. The third-order valence-electron chi connectivity index (χ3n) is 2.54. The Morgan fingerprint density at radius 2 is 2.00 bits per heavy atom. The predicted octanol–water partition coefficient (Wildman–Crippen LogP) is 4.68. The van der Waals surface area contributed by atoms with E-state index >= 15 is 0 Å². The number of benzene rings is 1. The molecule has 2 rings (SSSR count). The van der Waals surface area contributed by atoms with E-state index < -0.39 is 0 Å². The minimum atomic E-state index is -0.191. The van der Waals surface area contributed by atoms with E-state index in [1.165, 1.54) is 17.0 Å². The Hall–Kier alpha value is -0.870. The molecule has 0 aliphatic carbocycles. The van der Waals surface area contributed by atoms with Crippen LogP contribution < -0.4 is 4.90 Å². The Balaban J connectivity index is 2.13. The second-order valence-electron chi connectivity index (χ2n) is 3.72. The number of hydrogen-bond donors (Lipinski definition) is 0. The third-order valence-corrected chi connectivity index (χ3v) is 4.22.